The van der Waals surface area contributed by atoms with Crippen LogP contribution in [0.1, 0.15) is 18.4 Å². The fourth-order valence-electron chi connectivity index (χ4n) is 2.05. The molecule has 1 aromatic heterocycles. The molecule has 2 amide bonds. The topological polar surface area (TPSA) is 57.3 Å². The van der Waals surface area contributed by atoms with E-state index in [1.807, 2.05) is 49.3 Å². The molecule has 0 aliphatic heterocycles. The maximum atomic E-state index is 11.9. The quantitative estimate of drug-likeness (QED) is 0.892. The Labute approximate surface area is 131 Å². The van der Waals surface area contributed by atoms with Crippen LogP contribution in [0.15, 0.2) is 48.7 Å². The van der Waals surface area contributed by atoms with Crippen molar-refractivity contribution in [1.82, 2.24) is 10.3 Å². The van der Waals surface area contributed by atoms with Gasteiger partial charge in [0.05, 0.1) is 11.9 Å². The van der Waals surface area contributed by atoms with Gasteiger partial charge in [-0.3, -0.25) is 0 Å². The van der Waals surface area contributed by atoms with Gasteiger partial charge in [0.1, 0.15) is 5.82 Å². The lowest BCUT2D eigenvalue weighted by Gasteiger charge is -2.14. The lowest BCUT2D eigenvalue weighted by atomic mass is 10.0. The highest BCUT2D eigenvalue weighted by atomic mass is 16.2. The second-order valence-corrected chi connectivity index (χ2v) is 5.45. The third-order valence-corrected chi connectivity index (χ3v) is 3.40. The first-order valence-electron chi connectivity index (χ1n) is 7.29. The largest absolute Gasteiger partial charge is 0.363 e. The van der Waals surface area contributed by atoms with Crippen molar-refractivity contribution in [1.29, 1.82) is 0 Å². The van der Waals surface area contributed by atoms with E-state index in [0.717, 1.165) is 5.82 Å². The Kier molecular flexibility index (Phi) is 5.36. The van der Waals surface area contributed by atoms with Crippen LogP contribution >= 0.6 is 0 Å². The van der Waals surface area contributed by atoms with Gasteiger partial charge in [0.25, 0.3) is 0 Å². The summed E-state index contributed by atoms with van der Waals surface area (Å²) in [4.78, 5) is 18.1. The van der Waals surface area contributed by atoms with Crippen LogP contribution in [-0.4, -0.2) is 31.7 Å². The SMILES string of the molecule is C[C@@H](CNC(=O)Nc1ccc(N(C)C)nc1)c1ccccc1. The van der Waals surface area contributed by atoms with Crippen molar-refractivity contribution in [3.63, 3.8) is 0 Å². The smallest absolute Gasteiger partial charge is 0.319 e. The highest BCUT2D eigenvalue weighted by Crippen LogP contribution is 2.14. The number of aromatic nitrogens is 1. The van der Waals surface area contributed by atoms with Gasteiger partial charge in [-0.25, -0.2) is 9.78 Å². The number of anilines is 2. The van der Waals surface area contributed by atoms with Gasteiger partial charge in [-0.2, -0.15) is 0 Å². The second kappa shape index (κ2) is 7.45. The molecule has 0 unspecified atom stereocenters. The number of amides is 2. The van der Waals surface area contributed by atoms with Crippen LogP contribution in [0.3, 0.4) is 0 Å². The molecule has 22 heavy (non-hydrogen) atoms. The third kappa shape index (κ3) is 4.48. The predicted octanol–water partition coefficient (Wildman–Crippen LogP) is 3.07. The number of urea groups is 1. The first kappa shape index (κ1) is 15.8. The normalized spacial score (nSPS) is 11.6. The zero-order valence-electron chi connectivity index (χ0n) is 13.2. The molecule has 116 valence electrons. The number of benzene rings is 1. The zero-order valence-corrected chi connectivity index (χ0v) is 13.2. The van der Waals surface area contributed by atoms with Crippen molar-refractivity contribution in [2.75, 3.05) is 30.9 Å². The first-order valence-corrected chi connectivity index (χ1v) is 7.29. The van der Waals surface area contributed by atoms with Gasteiger partial charge < -0.3 is 15.5 Å². The first-order chi connectivity index (χ1) is 10.6. The molecule has 1 heterocycles. The standard InChI is InChI=1S/C17H22N4O/c1-13(14-7-5-4-6-8-14)11-19-17(22)20-15-9-10-16(18-12-15)21(2)3/h4-10,12-13H,11H2,1-3H3,(H2,19,20,22)/t13-/m0/s1. The predicted molar refractivity (Wildman–Crippen MR) is 90.4 cm³/mol. The van der Waals surface area contributed by atoms with E-state index in [-0.39, 0.29) is 11.9 Å². The van der Waals surface area contributed by atoms with Crippen LogP contribution < -0.4 is 15.5 Å². The third-order valence-electron chi connectivity index (χ3n) is 3.40. The molecule has 0 aliphatic carbocycles. The van der Waals surface area contributed by atoms with Gasteiger partial charge in [0.15, 0.2) is 0 Å². The molecule has 2 aromatic rings. The average Bonchev–Trinajstić information content (AvgIpc) is 2.54. The summed E-state index contributed by atoms with van der Waals surface area (Å²) >= 11 is 0. The average molecular weight is 298 g/mol. The number of hydrogen-bond acceptors (Lipinski definition) is 3. The van der Waals surface area contributed by atoms with E-state index in [4.69, 9.17) is 0 Å². The van der Waals surface area contributed by atoms with E-state index >= 15 is 0 Å². The highest BCUT2D eigenvalue weighted by molar-refractivity contribution is 5.89. The molecule has 5 heteroatoms. The summed E-state index contributed by atoms with van der Waals surface area (Å²) in [6.07, 6.45) is 1.65. The van der Waals surface area contributed by atoms with Crippen LogP contribution in [0.4, 0.5) is 16.3 Å². The lowest BCUT2D eigenvalue weighted by molar-refractivity contribution is 0.251. The Morgan fingerprint density at radius 1 is 1.18 bits per heavy atom. The van der Waals surface area contributed by atoms with Gasteiger partial charge in [-0.05, 0) is 23.6 Å². The highest BCUT2D eigenvalue weighted by Gasteiger charge is 2.08. The summed E-state index contributed by atoms with van der Waals surface area (Å²) in [7, 11) is 3.85. The van der Waals surface area contributed by atoms with Gasteiger partial charge in [0.2, 0.25) is 0 Å². The Morgan fingerprint density at radius 2 is 1.91 bits per heavy atom. The van der Waals surface area contributed by atoms with Gasteiger partial charge in [0, 0.05) is 20.6 Å². The summed E-state index contributed by atoms with van der Waals surface area (Å²) in [6, 6.07) is 13.6. The molecule has 1 aromatic carbocycles. The summed E-state index contributed by atoms with van der Waals surface area (Å²) in [6.45, 7) is 2.67. The van der Waals surface area contributed by atoms with Gasteiger partial charge in [-0.1, -0.05) is 37.3 Å². The number of rotatable bonds is 5. The van der Waals surface area contributed by atoms with E-state index in [1.165, 1.54) is 5.56 Å². The van der Waals surface area contributed by atoms with Crippen molar-refractivity contribution in [2.45, 2.75) is 12.8 Å². The van der Waals surface area contributed by atoms with E-state index in [0.29, 0.717) is 12.2 Å². The molecule has 0 spiro atoms. The van der Waals surface area contributed by atoms with Crippen LogP contribution in [0.5, 0.6) is 0 Å². The van der Waals surface area contributed by atoms with Crippen molar-refractivity contribution < 1.29 is 4.79 Å². The van der Waals surface area contributed by atoms with Gasteiger partial charge in [-0.15, -0.1) is 0 Å². The van der Waals surface area contributed by atoms with E-state index in [2.05, 4.69) is 34.7 Å². The van der Waals surface area contributed by atoms with Crippen molar-refractivity contribution in [2.24, 2.45) is 0 Å². The van der Waals surface area contributed by atoms with E-state index in [1.54, 1.807) is 6.20 Å². The van der Waals surface area contributed by atoms with Crippen LogP contribution in [0.25, 0.3) is 0 Å². The maximum Gasteiger partial charge on any atom is 0.319 e. The van der Waals surface area contributed by atoms with E-state index in [9.17, 15) is 4.79 Å². The fourth-order valence-corrected chi connectivity index (χ4v) is 2.05. The van der Waals surface area contributed by atoms with Crippen molar-refractivity contribution >= 4 is 17.5 Å². The number of nitrogens with one attached hydrogen (secondary N) is 2. The zero-order chi connectivity index (χ0) is 15.9. The number of carbonyl (C=O) groups is 1. The van der Waals surface area contributed by atoms with Crippen LogP contribution in [-0.2, 0) is 0 Å². The minimum Gasteiger partial charge on any atom is -0.363 e. The fraction of sp³-hybridized carbons (Fsp3) is 0.294. The molecule has 0 saturated heterocycles. The molecule has 0 aliphatic rings. The Morgan fingerprint density at radius 3 is 2.50 bits per heavy atom. The summed E-state index contributed by atoms with van der Waals surface area (Å²) in [5.74, 6) is 1.12. The molecule has 0 radical (unpaired) electrons. The lowest BCUT2D eigenvalue weighted by Crippen LogP contribution is -2.31. The minimum atomic E-state index is -0.220. The second-order valence-electron chi connectivity index (χ2n) is 5.45. The molecule has 0 saturated carbocycles. The molecular weight excluding hydrogens is 276 g/mol. The van der Waals surface area contributed by atoms with E-state index < -0.39 is 0 Å². The Hall–Kier alpha value is -2.56. The van der Waals surface area contributed by atoms with Crippen LogP contribution in [0.2, 0.25) is 0 Å². The molecule has 0 bridgehead atoms. The number of nitrogens with zero attached hydrogens (tertiary/aromatic N) is 2. The molecule has 0 fully saturated rings. The van der Waals surface area contributed by atoms with Crippen molar-refractivity contribution in [3.8, 4) is 0 Å². The Balaban J connectivity index is 1.83. The monoisotopic (exact) mass is 298 g/mol. The van der Waals surface area contributed by atoms with Crippen molar-refractivity contribution in [3.05, 3.63) is 54.2 Å². The van der Waals surface area contributed by atoms with Gasteiger partial charge >= 0.3 is 6.03 Å². The molecular formula is C17H22N4O. The summed E-state index contributed by atoms with van der Waals surface area (Å²) < 4.78 is 0. The summed E-state index contributed by atoms with van der Waals surface area (Å²) in [5.41, 5.74) is 1.88. The maximum absolute atomic E-state index is 11.9. The number of hydrogen-bond donors (Lipinski definition) is 2. The van der Waals surface area contributed by atoms with Crippen LogP contribution in [0, 0.1) is 0 Å². The minimum absolute atomic E-state index is 0.220. The Bertz CT molecular complexity index is 596. The molecule has 5 nitrogen and oxygen atoms in total. The summed E-state index contributed by atoms with van der Waals surface area (Å²) in [5, 5.41) is 5.66. The molecule has 1 atom stereocenters. The number of carbonyl (C=O) groups excluding carboxylic acids is 1. The molecule has 2 N–H and O–H groups in total. The molecule has 2 rings (SSSR count). The number of pyridine rings is 1.